The summed E-state index contributed by atoms with van der Waals surface area (Å²) < 4.78 is 7.10. The Balaban J connectivity index is 1.58. The predicted molar refractivity (Wildman–Crippen MR) is 131 cm³/mol. The summed E-state index contributed by atoms with van der Waals surface area (Å²) >= 11 is 9.23. The average Bonchev–Trinajstić information content (AvgIpc) is 3.25. The molecule has 1 aromatic carbocycles. The topological polar surface area (TPSA) is 64.4 Å². The molecule has 3 aromatic rings. The molecule has 170 valence electrons. The lowest BCUT2D eigenvalue weighted by Gasteiger charge is -2.29. The van der Waals surface area contributed by atoms with Crippen molar-refractivity contribution in [3.63, 3.8) is 0 Å². The van der Waals surface area contributed by atoms with Crippen LogP contribution in [-0.2, 0) is 29.0 Å². The molecule has 1 unspecified atom stereocenters. The first-order chi connectivity index (χ1) is 15.5. The van der Waals surface area contributed by atoms with Gasteiger partial charge in [0.2, 0.25) is 5.91 Å². The van der Waals surface area contributed by atoms with Crippen molar-refractivity contribution < 1.29 is 9.53 Å². The van der Waals surface area contributed by atoms with E-state index in [1.165, 1.54) is 22.2 Å². The summed E-state index contributed by atoms with van der Waals surface area (Å²) in [4.78, 5) is 34.4. The molecular formula is C23H26ClN3O3S2. The van der Waals surface area contributed by atoms with Crippen molar-refractivity contribution in [1.82, 2.24) is 14.5 Å². The van der Waals surface area contributed by atoms with E-state index >= 15 is 0 Å². The third-order valence-corrected chi connectivity index (χ3v) is 7.84. The Morgan fingerprint density at radius 1 is 1.38 bits per heavy atom. The van der Waals surface area contributed by atoms with Gasteiger partial charge in [-0.15, -0.1) is 11.3 Å². The summed E-state index contributed by atoms with van der Waals surface area (Å²) in [6.07, 6.45) is 1.59. The number of hydrogen-bond acceptors (Lipinski definition) is 6. The molecule has 4 rings (SSSR count). The number of nitrogens with zero attached hydrogens (tertiary/aromatic N) is 3. The summed E-state index contributed by atoms with van der Waals surface area (Å²) in [7, 11) is 0. The fraction of sp³-hybridized carbons (Fsp3) is 0.435. The predicted octanol–water partition coefficient (Wildman–Crippen LogP) is 4.60. The average molecular weight is 492 g/mol. The second kappa shape index (κ2) is 10.4. The molecule has 6 nitrogen and oxygen atoms in total. The third-order valence-electron chi connectivity index (χ3n) is 5.51. The van der Waals surface area contributed by atoms with Crippen molar-refractivity contribution in [2.24, 2.45) is 0 Å². The number of amides is 1. The van der Waals surface area contributed by atoms with E-state index in [0.29, 0.717) is 53.8 Å². The molecule has 1 aliphatic rings. The number of aromatic nitrogens is 2. The molecule has 1 atom stereocenters. The van der Waals surface area contributed by atoms with Crippen LogP contribution < -0.4 is 5.56 Å². The Morgan fingerprint density at radius 2 is 2.22 bits per heavy atom. The number of benzene rings is 1. The maximum Gasteiger partial charge on any atom is 0.262 e. The summed E-state index contributed by atoms with van der Waals surface area (Å²) in [6, 6.07) is 7.21. The highest BCUT2D eigenvalue weighted by Gasteiger charge is 2.27. The molecule has 0 aliphatic carbocycles. The lowest BCUT2D eigenvalue weighted by molar-refractivity contribution is -0.131. The molecule has 1 amide bonds. The number of hydrogen-bond donors (Lipinski definition) is 0. The number of thioether (sulfide) groups is 1. The van der Waals surface area contributed by atoms with Gasteiger partial charge in [0.1, 0.15) is 0 Å². The number of rotatable bonds is 8. The highest BCUT2D eigenvalue weighted by Crippen LogP contribution is 2.28. The molecular weight excluding hydrogens is 466 g/mol. The van der Waals surface area contributed by atoms with Gasteiger partial charge in [-0.2, -0.15) is 0 Å². The molecule has 0 N–H and O–H groups in total. The van der Waals surface area contributed by atoms with Crippen molar-refractivity contribution in [1.29, 1.82) is 0 Å². The van der Waals surface area contributed by atoms with Crippen LogP contribution in [-0.4, -0.2) is 45.4 Å². The van der Waals surface area contributed by atoms with E-state index in [1.807, 2.05) is 18.7 Å². The van der Waals surface area contributed by atoms with Gasteiger partial charge in [-0.3, -0.25) is 14.2 Å². The zero-order chi connectivity index (χ0) is 22.7. The number of halogens is 1. The highest BCUT2D eigenvalue weighted by atomic mass is 35.5. The Bertz CT molecular complexity index is 1180. The molecule has 0 saturated heterocycles. The molecule has 1 aliphatic heterocycles. The molecule has 9 heteroatoms. The van der Waals surface area contributed by atoms with E-state index in [9.17, 15) is 9.59 Å². The zero-order valence-corrected chi connectivity index (χ0v) is 20.6. The van der Waals surface area contributed by atoms with Crippen LogP contribution in [0.25, 0.3) is 10.9 Å². The lowest BCUT2D eigenvalue weighted by Crippen LogP contribution is -2.40. The molecule has 2 aromatic heterocycles. The smallest absolute Gasteiger partial charge is 0.262 e. The van der Waals surface area contributed by atoms with E-state index in [-0.39, 0.29) is 16.7 Å². The first kappa shape index (κ1) is 23.3. The fourth-order valence-corrected chi connectivity index (χ4v) is 5.91. The van der Waals surface area contributed by atoms with Crippen molar-refractivity contribution in [2.45, 2.75) is 50.2 Å². The Morgan fingerprint density at radius 3 is 3.03 bits per heavy atom. The van der Waals surface area contributed by atoms with Gasteiger partial charge < -0.3 is 9.64 Å². The number of thiophene rings is 1. The SMILES string of the molecule is CCOCCCn1c(SC(C)C(=O)N2CCc3sccc3C2)nc2cc(Cl)ccc2c1=O. The standard InChI is InChI=1S/C23H26ClN3O3S2/c1-3-30-11-4-9-27-22(29)18-6-5-17(24)13-19(18)25-23(27)32-15(2)21(28)26-10-7-20-16(14-26)8-12-31-20/h5-6,8,12-13,15H,3-4,7,9-11,14H2,1-2H3. The molecule has 0 spiro atoms. The molecule has 0 radical (unpaired) electrons. The normalized spacial score (nSPS) is 14.5. The van der Waals surface area contributed by atoms with Gasteiger partial charge in [-0.1, -0.05) is 23.4 Å². The van der Waals surface area contributed by atoms with Gasteiger partial charge in [-0.05, 0) is 61.9 Å². The van der Waals surface area contributed by atoms with Gasteiger partial charge in [-0.25, -0.2) is 4.98 Å². The second-order valence-corrected chi connectivity index (χ2v) is 10.4. The van der Waals surface area contributed by atoms with Crippen LogP contribution >= 0.6 is 34.7 Å². The quantitative estimate of drug-likeness (QED) is 0.262. The molecule has 32 heavy (non-hydrogen) atoms. The van der Waals surface area contributed by atoms with Gasteiger partial charge in [0.25, 0.3) is 5.56 Å². The van der Waals surface area contributed by atoms with Crippen LogP contribution in [0.2, 0.25) is 5.02 Å². The van der Waals surface area contributed by atoms with E-state index in [1.54, 1.807) is 34.1 Å². The van der Waals surface area contributed by atoms with Crippen molar-refractivity contribution >= 4 is 51.5 Å². The summed E-state index contributed by atoms with van der Waals surface area (Å²) in [6.45, 7) is 6.88. The number of ether oxygens (including phenoxy) is 1. The minimum Gasteiger partial charge on any atom is -0.382 e. The molecule has 0 fully saturated rings. The maximum absolute atomic E-state index is 13.2. The van der Waals surface area contributed by atoms with Crippen LogP contribution in [0.1, 0.15) is 30.7 Å². The summed E-state index contributed by atoms with van der Waals surface area (Å²) in [5, 5.41) is 3.31. The van der Waals surface area contributed by atoms with Gasteiger partial charge in [0.15, 0.2) is 5.16 Å². The minimum atomic E-state index is -0.364. The first-order valence-corrected chi connectivity index (χ1v) is 12.9. The van der Waals surface area contributed by atoms with Crippen molar-refractivity contribution in [3.8, 4) is 0 Å². The monoisotopic (exact) mass is 491 g/mol. The zero-order valence-electron chi connectivity index (χ0n) is 18.2. The van der Waals surface area contributed by atoms with Crippen LogP contribution in [0.5, 0.6) is 0 Å². The third kappa shape index (κ3) is 5.03. The molecule has 0 bridgehead atoms. The second-order valence-electron chi connectivity index (χ2n) is 7.70. The molecule has 3 heterocycles. The lowest BCUT2D eigenvalue weighted by atomic mass is 10.1. The number of carbonyl (C=O) groups is 1. The van der Waals surface area contributed by atoms with Crippen LogP contribution in [0.4, 0.5) is 0 Å². The summed E-state index contributed by atoms with van der Waals surface area (Å²) in [5.74, 6) is 0.0631. The van der Waals surface area contributed by atoms with E-state index in [2.05, 4.69) is 11.4 Å². The van der Waals surface area contributed by atoms with Gasteiger partial charge >= 0.3 is 0 Å². The molecule has 0 saturated carbocycles. The van der Waals surface area contributed by atoms with Crippen LogP contribution in [0.15, 0.2) is 39.6 Å². The van der Waals surface area contributed by atoms with E-state index in [4.69, 9.17) is 21.3 Å². The first-order valence-electron chi connectivity index (χ1n) is 10.8. The number of fused-ring (bicyclic) bond motifs is 2. The van der Waals surface area contributed by atoms with E-state index < -0.39 is 0 Å². The maximum atomic E-state index is 13.2. The minimum absolute atomic E-state index is 0.0631. The highest BCUT2D eigenvalue weighted by molar-refractivity contribution is 8.00. The Hall–Kier alpha value is -1.87. The Labute approximate surface area is 200 Å². The fourth-order valence-electron chi connectivity index (χ4n) is 3.83. The van der Waals surface area contributed by atoms with Crippen molar-refractivity contribution in [3.05, 3.63) is 55.5 Å². The summed E-state index contributed by atoms with van der Waals surface area (Å²) in [5.41, 5.74) is 1.66. The van der Waals surface area contributed by atoms with E-state index in [0.717, 1.165) is 13.0 Å². The number of carbonyl (C=O) groups excluding carboxylic acids is 1. The largest absolute Gasteiger partial charge is 0.382 e. The van der Waals surface area contributed by atoms with Gasteiger partial charge in [0.05, 0.1) is 16.2 Å². The van der Waals surface area contributed by atoms with Crippen LogP contribution in [0, 0.1) is 0 Å². The van der Waals surface area contributed by atoms with Crippen molar-refractivity contribution in [2.75, 3.05) is 19.8 Å². The Kier molecular flexibility index (Phi) is 7.55. The van der Waals surface area contributed by atoms with Crippen LogP contribution in [0.3, 0.4) is 0 Å². The van der Waals surface area contributed by atoms with Gasteiger partial charge in [0, 0.05) is 42.7 Å².